The van der Waals surface area contributed by atoms with E-state index in [1.807, 2.05) is 28.8 Å². The number of benzene rings is 2. The molecule has 7 heteroatoms. The number of hydrogen-bond acceptors (Lipinski definition) is 2. The fraction of sp³-hybridized carbons (Fsp3) is 0.143. The highest BCUT2D eigenvalue weighted by Crippen LogP contribution is 2.33. The highest BCUT2D eigenvalue weighted by molar-refractivity contribution is 9.10. The predicted molar refractivity (Wildman–Crippen MR) is 111 cm³/mol. The molecule has 0 radical (unpaired) electrons. The minimum Gasteiger partial charge on any atom is -0.340 e. The Morgan fingerprint density at radius 2 is 1.64 bits per heavy atom. The molecule has 0 aliphatic rings. The van der Waals surface area contributed by atoms with Crippen LogP contribution >= 0.6 is 15.9 Å². The van der Waals surface area contributed by atoms with Crippen LogP contribution in [0.25, 0.3) is 22.2 Å². The highest BCUT2D eigenvalue weighted by Gasteiger charge is 2.20. The van der Waals surface area contributed by atoms with Gasteiger partial charge in [0.05, 0.1) is 16.6 Å². The van der Waals surface area contributed by atoms with Gasteiger partial charge in [-0.3, -0.25) is 13.9 Å². The van der Waals surface area contributed by atoms with Crippen molar-refractivity contribution in [1.82, 2.24) is 13.7 Å². The SMILES string of the molecule is Cn1c(=O)c2c(-c3ccccc3Br)n(Cc3ccc(F)cc3)cc2n(C)c1=O. The molecule has 2 aromatic heterocycles. The smallest absolute Gasteiger partial charge is 0.330 e. The van der Waals surface area contributed by atoms with E-state index in [4.69, 9.17) is 0 Å². The second-order valence-electron chi connectivity index (χ2n) is 6.68. The molecule has 0 saturated heterocycles. The quantitative estimate of drug-likeness (QED) is 0.487. The van der Waals surface area contributed by atoms with E-state index in [2.05, 4.69) is 15.9 Å². The van der Waals surface area contributed by atoms with Crippen molar-refractivity contribution in [2.45, 2.75) is 6.54 Å². The molecule has 0 unspecified atom stereocenters. The number of aryl methyl sites for hydroxylation is 1. The fourth-order valence-corrected chi connectivity index (χ4v) is 3.92. The first-order valence-corrected chi connectivity index (χ1v) is 9.46. The molecule has 0 atom stereocenters. The molecule has 4 rings (SSSR count). The standard InChI is InChI=1S/C21H17BrFN3O2/c1-24-17-12-26(11-13-7-9-14(23)10-8-13)19(15-5-3-4-6-16(15)22)18(17)20(27)25(2)21(24)28/h3-10,12H,11H2,1-2H3. The fourth-order valence-electron chi connectivity index (χ4n) is 3.44. The van der Waals surface area contributed by atoms with Crippen molar-refractivity contribution in [3.63, 3.8) is 0 Å². The van der Waals surface area contributed by atoms with E-state index < -0.39 is 0 Å². The third kappa shape index (κ3) is 2.92. The molecule has 0 fully saturated rings. The van der Waals surface area contributed by atoms with Crippen LogP contribution in [-0.4, -0.2) is 13.7 Å². The lowest BCUT2D eigenvalue weighted by molar-refractivity contribution is 0.626. The van der Waals surface area contributed by atoms with Crippen LogP contribution in [0.2, 0.25) is 0 Å². The Morgan fingerprint density at radius 1 is 0.964 bits per heavy atom. The molecular weight excluding hydrogens is 425 g/mol. The third-order valence-electron chi connectivity index (χ3n) is 4.91. The van der Waals surface area contributed by atoms with Crippen LogP contribution in [0, 0.1) is 5.82 Å². The number of nitrogens with zero attached hydrogens (tertiary/aromatic N) is 3. The summed E-state index contributed by atoms with van der Waals surface area (Å²) in [6, 6.07) is 13.9. The highest BCUT2D eigenvalue weighted by atomic mass is 79.9. The van der Waals surface area contributed by atoms with E-state index in [1.165, 1.54) is 23.7 Å². The van der Waals surface area contributed by atoms with Gasteiger partial charge in [-0.25, -0.2) is 9.18 Å². The minimum absolute atomic E-state index is 0.302. The Kier molecular flexibility index (Phi) is 4.55. The van der Waals surface area contributed by atoms with Gasteiger partial charge in [0, 0.05) is 36.9 Å². The van der Waals surface area contributed by atoms with Gasteiger partial charge in [0.1, 0.15) is 5.82 Å². The van der Waals surface area contributed by atoms with Crippen molar-refractivity contribution in [1.29, 1.82) is 0 Å². The topological polar surface area (TPSA) is 48.9 Å². The second kappa shape index (κ2) is 6.91. The maximum Gasteiger partial charge on any atom is 0.330 e. The summed E-state index contributed by atoms with van der Waals surface area (Å²) in [5, 5.41) is 0.471. The van der Waals surface area contributed by atoms with E-state index in [9.17, 15) is 14.0 Å². The first-order chi connectivity index (χ1) is 13.4. The Bertz CT molecular complexity index is 1320. The molecule has 0 amide bonds. The van der Waals surface area contributed by atoms with Crippen molar-refractivity contribution in [3.05, 3.63) is 91.4 Å². The van der Waals surface area contributed by atoms with Gasteiger partial charge in [-0.1, -0.05) is 46.3 Å². The second-order valence-corrected chi connectivity index (χ2v) is 7.53. The summed E-state index contributed by atoms with van der Waals surface area (Å²) in [5.41, 5.74) is 2.27. The van der Waals surface area contributed by atoms with Crippen LogP contribution in [0.5, 0.6) is 0 Å². The van der Waals surface area contributed by atoms with Gasteiger partial charge in [-0.05, 0) is 23.8 Å². The predicted octanol–water partition coefficient (Wildman–Crippen LogP) is 3.66. The van der Waals surface area contributed by atoms with Crippen LogP contribution in [0.15, 0.2) is 68.8 Å². The van der Waals surface area contributed by atoms with E-state index in [1.54, 1.807) is 25.4 Å². The molecule has 2 heterocycles. The van der Waals surface area contributed by atoms with E-state index in [0.29, 0.717) is 23.1 Å². The van der Waals surface area contributed by atoms with Crippen molar-refractivity contribution in [2.24, 2.45) is 14.1 Å². The Balaban J connectivity index is 2.08. The van der Waals surface area contributed by atoms with Gasteiger partial charge in [0.15, 0.2) is 0 Å². The summed E-state index contributed by atoms with van der Waals surface area (Å²) < 4.78 is 18.6. The lowest BCUT2D eigenvalue weighted by atomic mass is 10.1. The summed E-state index contributed by atoms with van der Waals surface area (Å²) in [7, 11) is 3.13. The average molecular weight is 442 g/mol. The largest absolute Gasteiger partial charge is 0.340 e. The number of halogens is 2. The lowest BCUT2D eigenvalue weighted by Gasteiger charge is -2.12. The molecule has 0 saturated carbocycles. The molecule has 2 aromatic carbocycles. The van der Waals surface area contributed by atoms with Gasteiger partial charge in [-0.15, -0.1) is 0 Å². The molecule has 0 aliphatic heterocycles. The van der Waals surface area contributed by atoms with Crippen LogP contribution in [-0.2, 0) is 20.6 Å². The zero-order valence-electron chi connectivity index (χ0n) is 15.3. The van der Waals surface area contributed by atoms with Crippen LogP contribution < -0.4 is 11.2 Å². The zero-order chi connectivity index (χ0) is 20.0. The average Bonchev–Trinajstić information content (AvgIpc) is 3.06. The Hall–Kier alpha value is -2.93. The molecular formula is C21H17BrFN3O2. The van der Waals surface area contributed by atoms with Gasteiger partial charge < -0.3 is 4.57 Å². The third-order valence-corrected chi connectivity index (χ3v) is 5.60. The number of rotatable bonds is 3. The van der Waals surface area contributed by atoms with Crippen molar-refractivity contribution in [2.75, 3.05) is 0 Å². The number of fused-ring (bicyclic) bond motifs is 1. The van der Waals surface area contributed by atoms with Gasteiger partial charge in [0.2, 0.25) is 0 Å². The Morgan fingerprint density at radius 3 is 2.32 bits per heavy atom. The van der Waals surface area contributed by atoms with Crippen LogP contribution in [0.4, 0.5) is 4.39 Å². The van der Waals surface area contributed by atoms with Crippen molar-refractivity contribution in [3.8, 4) is 11.3 Å². The van der Waals surface area contributed by atoms with Crippen LogP contribution in [0.3, 0.4) is 0 Å². The summed E-state index contributed by atoms with van der Waals surface area (Å²) in [6.45, 7) is 0.434. The van der Waals surface area contributed by atoms with E-state index in [0.717, 1.165) is 20.2 Å². The summed E-state index contributed by atoms with van der Waals surface area (Å²) >= 11 is 3.57. The lowest BCUT2D eigenvalue weighted by Crippen LogP contribution is -2.36. The number of aromatic nitrogens is 3. The molecule has 0 aliphatic carbocycles. The van der Waals surface area contributed by atoms with Crippen molar-refractivity contribution >= 4 is 26.8 Å². The molecule has 0 spiro atoms. The normalized spacial score (nSPS) is 11.3. The molecule has 5 nitrogen and oxygen atoms in total. The summed E-state index contributed by atoms with van der Waals surface area (Å²) in [4.78, 5) is 25.4. The maximum absolute atomic E-state index is 13.3. The zero-order valence-corrected chi connectivity index (χ0v) is 16.9. The molecule has 28 heavy (non-hydrogen) atoms. The van der Waals surface area contributed by atoms with E-state index in [-0.39, 0.29) is 17.1 Å². The summed E-state index contributed by atoms with van der Waals surface area (Å²) in [5.74, 6) is -0.302. The minimum atomic E-state index is -0.380. The maximum atomic E-state index is 13.3. The Labute approximate surface area is 168 Å². The van der Waals surface area contributed by atoms with Crippen molar-refractivity contribution < 1.29 is 4.39 Å². The first kappa shape index (κ1) is 18.4. The molecule has 0 N–H and O–H groups in total. The molecule has 0 bridgehead atoms. The number of hydrogen-bond donors (Lipinski definition) is 0. The molecule has 142 valence electrons. The van der Waals surface area contributed by atoms with Gasteiger partial charge >= 0.3 is 5.69 Å². The van der Waals surface area contributed by atoms with Crippen LogP contribution in [0.1, 0.15) is 5.56 Å². The van der Waals surface area contributed by atoms with E-state index >= 15 is 0 Å². The van der Waals surface area contributed by atoms with Gasteiger partial charge in [-0.2, -0.15) is 0 Å². The summed E-state index contributed by atoms with van der Waals surface area (Å²) in [6.07, 6.45) is 1.80. The molecule has 4 aromatic rings. The monoisotopic (exact) mass is 441 g/mol. The van der Waals surface area contributed by atoms with Gasteiger partial charge in [0.25, 0.3) is 5.56 Å². The first-order valence-electron chi connectivity index (χ1n) is 8.66.